The summed E-state index contributed by atoms with van der Waals surface area (Å²) in [5.74, 6) is -1.17. The van der Waals surface area contributed by atoms with Gasteiger partial charge in [0.25, 0.3) is 0 Å². The van der Waals surface area contributed by atoms with Crippen molar-refractivity contribution in [3.05, 3.63) is 46.7 Å². The lowest BCUT2D eigenvalue weighted by Gasteiger charge is -2.45. The molecule has 12 heteroatoms. The number of carboxylic acids is 1. The first kappa shape index (κ1) is 35.8. The second-order valence-corrected chi connectivity index (χ2v) is 16.8. The molecule has 1 aromatic heterocycles. The number of imide groups is 1. The van der Waals surface area contributed by atoms with Gasteiger partial charge >= 0.3 is 18.2 Å². The predicted octanol–water partition coefficient (Wildman–Crippen LogP) is 7.71. The van der Waals surface area contributed by atoms with E-state index in [1.807, 2.05) is 28.5 Å². The zero-order chi connectivity index (χ0) is 32.8. The van der Waals surface area contributed by atoms with E-state index < -0.39 is 41.9 Å². The van der Waals surface area contributed by atoms with E-state index in [2.05, 4.69) is 17.5 Å². The zero-order valence-electron chi connectivity index (χ0n) is 27.0. The highest BCUT2D eigenvalue weighted by atomic mass is 32.1. The van der Waals surface area contributed by atoms with Gasteiger partial charge in [0, 0.05) is 32.3 Å². The molecule has 44 heavy (non-hydrogen) atoms. The van der Waals surface area contributed by atoms with Gasteiger partial charge < -0.3 is 19.1 Å². The fourth-order valence-corrected chi connectivity index (χ4v) is 8.95. The summed E-state index contributed by atoms with van der Waals surface area (Å²) in [6.45, 7) is 13.0. The Hall–Kier alpha value is -2.72. The van der Waals surface area contributed by atoms with E-state index in [1.54, 1.807) is 59.8 Å². The molecular formula is C32H47N2O8PS. The maximum absolute atomic E-state index is 14.3. The lowest BCUT2D eigenvalue weighted by molar-refractivity contribution is -0.141. The maximum Gasteiger partial charge on any atom is 0.419 e. The van der Waals surface area contributed by atoms with Crippen LogP contribution in [0.1, 0.15) is 73.3 Å². The third-order valence-corrected chi connectivity index (χ3v) is 11.3. The minimum absolute atomic E-state index is 0.0454. The largest absolute Gasteiger partial charge is 0.480 e. The minimum Gasteiger partial charge on any atom is -0.480 e. The Morgan fingerprint density at radius 1 is 1.02 bits per heavy atom. The third-order valence-electron chi connectivity index (χ3n) is 7.28. The van der Waals surface area contributed by atoms with Crippen molar-refractivity contribution < 1.29 is 38.1 Å². The van der Waals surface area contributed by atoms with Crippen molar-refractivity contribution in [3.63, 3.8) is 0 Å². The number of hydrogen-bond acceptors (Lipinski definition) is 9. The number of carbonyl (C=O) groups excluding carboxylic acids is 2. The van der Waals surface area contributed by atoms with Crippen LogP contribution in [0.5, 0.6) is 0 Å². The van der Waals surface area contributed by atoms with Crippen LogP contribution in [0, 0.1) is 0 Å². The van der Waals surface area contributed by atoms with E-state index in [9.17, 15) is 24.1 Å². The van der Waals surface area contributed by atoms with Gasteiger partial charge in [-0.25, -0.2) is 14.5 Å². The maximum atomic E-state index is 14.3. The van der Waals surface area contributed by atoms with Crippen LogP contribution in [-0.4, -0.2) is 81.8 Å². The van der Waals surface area contributed by atoms with Gasteiger partial charge in [0.15, 0.2) is 5.16 Å². The summed E-state index contributed by atoms with van der Waals surface area (Å²) in [4.78, 5) is 41.8. The molecule has 1 N–H and O–H groups in total. The Balaban J connectivity index is 1.81. The second-order valence-electron chi connectivity index (χ2n) is 13.1. The van der Waals surface area contributed by atoms with Gasteiger partial charge in [0.1, 0.15) is 11.2 Å². The highest BCUT2D eigenvalue weighted by Gasteiger charge is 2.58. The van der Waals surface area contributed by atoms with Crippen molar-refractivity contribution >= 4 is 36.9 Å². The predicted molar refractivity (Wildman–Crippen MR) is 173 cm³/mol. The molecule has 244 valence electrons. The Morgan fingerprint density at radius 2 is 1.66 bits per heavy atom. The number of rotatable bonds is 11. The summed E-state index contributed by atoms with van der Waals surface area (Å²) in [5, 5.41) is 13.1. The molecule has 0 radical (unpaired) electrons. The van der Waals surface area contributed by atoms with Crippen molar-refractivity contribution in [3.8, 4) is 11.1 Å². The topological polar surface area (TPSA) is 123 Å². The smallest absolute Gasteiger partial charge is 0.419 e. The Kier molecular flexibility index (Phi) is 11.9. The number of unbranched alkanes of at least 4 members (excludes halogenated alkanes) is 1. The molecule has 2 unspecified atom stereocenters. The third kappa shape index (κ3) is 9.16. The number of ether oxygens (including phenoxy) is 2. The quantitative estimate of drug-likeness (QED) is 0.192. The summed E-state index contributed by atoms with van der Waals surface area (Å²) >= 11 is 1.61. The molecule has 1 aromatic carbocycles. The van der Waals surface area contributed by atoms with E-state index in [0.29, 0.717) is 13.1 Å². The standard InChI is InChI=1S/C32H47N2O8PS/c1-8-40-43(39)19-18-33(21-24-13-9-10-14-26(24)25-15-20-44-22-25)23-32(43,27(35)36)16-11-12-17-34(28(37)41-30(2,3)4)29(38)42-31(5,6)7/h9-10,13-15,20,22H,8,11-12,16-19,21,23H2,1-7H3,(H,35,36). The summed E-state index contributed by atoms with van der Waals surface area (Å²) in [7, 11) is -3.61. The number of nitrogens with zero attached hydrogens (tertiary/aromatic N) is 2. The molecule has 0 aliphatic carbocycles. The average Bonchev–Trinajstić information content (AvgIpc) is 3.43. The molecule has 3 rings (SSSR count). The van der Waals surface area contributed by atoms with Crippen LogP contribution in [0.15, 0.2) is 41.1 Å². The minimum atomic E-state index is -3.61. The van der Waals surface area contributed by atoms with Crippen molar-refractivity contribution in [2.45, 2.75) is 90.6 Å². The van der Waals surface area contributed by atoms with Crippen molar-refractivity contribution in [2.24, 2.45) is 0 Å². The first-order valence-corrected chi connectivity index (χ1v) is 17.8. The molecule has 2 heterocycles. The molecule has 10 nitrogen and oxygen atoms in total. The average molecular weight is 651 g/mol. The Morgan fingerprint density at radius 3 is 2.20 bits per heavy atom. The molecule has 0 saturated carbocycles. The monoisotopic (exact) mass is 650 g/mol. The summed E-state index contributed by atoms with van der Waals surface area (Å²) in [6.07, 6.45) is -0.958. The van der Waals surface area contributed by atoms with Gasteiger partial charge in [-0.1, -0.05) is 24.3 Å². The van der Waals surface area contributed by atoms with Crippen molar-refractivity contribution in [1.29, 1.82) is 0 Å². The molecule has 1 aliphatic heterocycles. The molecule has 1 fully saturated rings. The normalized spacial score (nSPS) is 21.1. The number of hydrogen-bond donors (Lipinski definition) is 1. The van der Waals surface area contributed by atoms with Crippen LogP contribution in [-0.2, 0) is 29.9 Å². The van der Waals surface area contributed by atoms with Crippen LogP contribution >= 0.6 is 18.7 Å². The van der Waals surface area contributed by atoms with Crippen LogP contribution in [0.4, 0.5) is 9.59 Å². The van der Waals surface area contributed by atoms with Crippen molar-refractivity contribution in [2.75, 3.05) is 32.4 Å². The van der Waals surface area contributed by atoms with Gasteiger partial charge in [-0.05, 0) is 101 Å². The van der Waals surface area contributed by atoms with Crippen LogP contribution < -0.4 is 0 Å². The lowest BCUT2D eigenvalue weighted by atomic mass is 9.98. The zero-order valence-corrected chi connectivity index (χ0v) is 28.7. The molecule has 2 amide bonds. The lowest BCUT2D eigenvalue weighted by Crippen LogP contribution is -2.54. The molecule has 0 bridgehead atoms. The van der Waals surface area contributed by atoms with Gasteiger partial charge in [0.2, 0.25) is 7.37 Å². The molecular weight excluding hydrogens is 603 g/mol. The fourth-order valence-electron chi connectivity index (χ4n) is 5.32. The van der Waals surface area contributed by atoms with Gasteiger partial charge in [-0.15, -0.1) is 0 Å². The van der Waals surface area contributed by atoms with E-state index >= 15 is 0 Å². The van der Waals surface area contributed by atoms with E-state index in [0.717, 1.165) is 21.6 Å². The first-order valence-electron chi connectivity index (χ1n) is 15.0. The summed E-state index contributed by atoms with van der Waals surface area (Å²) < 4.78 is 30.9. The van der Waals surface area contributed by atoms with E-state index in [1.165, 1.54) is 0 Å². The number of thiophene rings is 1. The number of carbonyl (C=O) groups is 3. The highest BCUT2D eigenvalue weighted by Crippen LogP contribution is 2.63. The van der Waals surface area contributed by atoms with Gasteiger partial charge in [0.05, 0.1) is 6.61 Å². The first-order chi connectivity index (χ1) is 20.5. The van der Waals surface area contributed by atoms with E-state index in [-0.39, 0.29) is 45.1 Å². The summed E-state index contributed by atoms with van der Waals surface area (Å²) in [6, 6.07) is 10.1. The molecule has 1 aliphatic rings. The van der Waals surface area contributed by atoms with Crippen LogP contribution in [0.2, 0.25) is 0 Å². The second kappa shape index (κ2) is 14.6. The number of benzene rings is 1. The fraction of sp³-hybridized carbons (Fsp3) is 0.594. The molecule has 2 atom stereocenters. The Bertz CT molecular complexity index is 1310. The Labute approximate surface area is 265 Å². The van der Waals surface area contributed by atoms with Gasteiger partial charge in [-0.3, -0.25) is 14.3 Å². The number of carboxylic acid groups (broad SMARTS) is 1. The van der Waals surface area contributed by atoms with Crippen molar-refractivity contribution in [1.82, 2.24) is 9.80 Å². The van der Waals surface area contributed by atoms with E-state index in [4.69, 9.17) is 14.0 Å². The van der Waals surface area contributed by atoms with Crippen LogP contribution in [0.25, 0.3) is 11.1 Å². The molecule has 0 spiro atoms. The van der Waals surface area contributed by atoms with Crippen LogP contribution in [0.3, 0.4) is 0 Å². The molecule has 2 aromatic rings. The number of aliphatic carboxylic acids is 1. The summed E-state index contributed by atoms with van der Waals surface area (Å²) in [5.41, 5.74) is 1.58. The highest BCUT2D eigenvalue weighted by molar-refractivity contribution is 7.62. The molecule has 1 saturated heterocycles. The number of amides is 2. The SMILES string of the molecule is CCOP1(=O)CCN(Cc2ccccc2-c2ccsc2)CC1(CCCCN(C(=O)OC(C)(C)C)C(=O)OC(C)(C)C)C(=O)O. The van der Waals surface area contributed by atoms with Gasteiger partial charge in [-0.2, -0.15) is 11.3 Å².